The summed E-state index contributed by atoms with van der Waals surface area (Å²) in [7, 11) is 2.96. The van der Waals surface area contributed by atoms with Crippen molar-refractivity contribution in [3.05, 3.63) is 48.6 Å². The van der Waals surface area contributed by atoms with Crippen LogP contribution in [-0.4, -0.2) is 74.9 Å². The maximum absolute atomic E-state index is 12.4. The number of carbonyl (C=O) groups is 3. The van der Waals surface area contributed by atoms with Crippen LogP contribution in [0.2, 0.25) is 0 Å². The Kier molecular flexibility index (Phi) is 8.34. The average Bonchev–Trinajstić information content (AvgIpc) is 3.12. The van der Waals surface area contributed by atoms with Crippen molar-refractivity contribution in [2.24, 2.45) is 0 Å². The summed E-state index contributed by atoms with van der Waals surface area (Å²) < 4.78 is 28.6. The topological polar surface area (TPSA) is 110 Å². The van der Waals surface area contributed by atoms with Gasteiger partial charge in [-0.05, 0) is 5.56 Å². The van der Waals surface area contributed by atoms with Crippen molar-refractivity contribution in [1.82, 2.24) is 5.06 Å². The molecular weight excluding hydrogens is 422 g/mol. The quantitative estimate of drug-likeness (QED) is 0.242. The fraction of sp³-hybridized carbons (Fsp3) is 0.500. The van der Waals surface area contributed by atoms with Crippen LogP contribution in [0.5, 0.6) is 0 Å². The molecule has 0 N–H and O–H groups in total. The second-order valence-corrected chi connectivity index (χ2v) is 7.24. The Hall–Kier alpha value is -2.79. The van der Waals surface area contributed by atoms with Gasteiger partial charge in [0.1, 0.15) is 24.4 Å². The highest BCUT2D eigenvalue weighted by atomic mass is 16.8. The van der Waals surface area contributed by atoms with Crippen molar-refractivity contribution >= 4 is 18.0 Å². The number of ether oxygens (including phenoxy) is 5. The van der Waals surface area contributed by atoms with E-state index in [0.717, 1.165) is 5.56 Å². The Morgan fingerprint density at radius 3 is 2.34 bits per heavy atom. The zero-order valence-electron chi connectivity index (χ0n) is 18.0. The highest BCUT2D eigenvalue weighted by Crippen LogP contribution is 2.37. The highest BCUT2D eigenvalue weighted by molar-refractivity contribution is 6.01. The third-order valence-electron chi connectivity index (χ3n) is 5.23. The summed E-state index contributed by atoms with van der Waals surface area (Å²) >= 11 is 0. The molecule has 0 unspecified atom stereocenters. The van der Waals surface area contributed by atoms with E-state index in [0.29, 0.717) is 5.06 Å². The van der Waals surface area contributed by atoms with Crippen molar-refractivity contribution in [3.8, 4) is 0 Å². The van der Waals surface area contributed by atoms with Gasteiger partial charge < -0.3 is 23.7 Å². The molecule has 1 aromatic carbocycles. The molecule has 1 aromatic rings. The van der Waals surface area contributed by atoms with Crippen molar-refractivity contribution in [3.63, 3.8) is 0 Å². The monoisotopic (exact) mass is 449 g/mol. The molecule has 32 heavy (non-hydrogen) atoms. The molecule has 2 fully saturated rings. The normalized spacial score (nSPS) is 27.9. The molecule has 0 bridgehead atoms. The minimum Gasteiger partial charge on any atom is -0.424 e. The summed E-state index contributed by atoms with van der Waals surface area (Å²) in [6, 6.07) is 9.42. The smallest absolute Gasteiger partial charge is 0.424 e. The van der Waals surface area contributed by atoms with Crippen molar-refractivity contribution in [1.29, 1.82) is 0 Å². The van der Waals surface area contributed by atoms with E-state index in [1.807, 2.05) is 30.3 Å². The summed E-state index contributed by atoms with van der Waals surface area (Å²) in [4.78, 5) is 40.8. The van der Waals surface area contributed by atoms with Gasteiger partial charge in [0.05, 0.1) is 13.2 Å². The van der Waals surface area contributed by atoms with E-state index in [4.69, 9.17) is 28.5 Å². The molecule has 2 saturated heterocycles. The second-order valence-electron chi connectivity index (χ2n) is 7.24. The molecule has 2 aliphatic rings. The number of hydroxylamine groups is 2. The number of benzene rings is 1. The molecule has 2 aliphatic heterocycles. The number of hydrogen-bond acceptors (Lipinski definition) is 9. The van der Waals surface area contributed by atoms with Crippen LogP contribution in [0.1, 0.15) is 24.5 Å². The van der Waals surface area contributed by atoms with E-state index in [1.165, 1.54) is 14.2 Å². The first-order valence-corrected chi connectivity index (χ1v) is 10.2. The number of amides is 2. The molecule has 0 radical (unpaired) electrons. The third-order valence-corrected chi connectivity index (χ3v) is 5.23. The van der Waals surface area contributed by atoms with E-state index in [2.05, 4.69) is 6.58 Å². The Labute approximate surface area is 185 Å². The summed E-state index contributed by atoms with van der Waals surface area (Å²) in [6.45, 7) is 3.94. The number of imide groups is 1. The number of nitrogens with zero attached hydrogens (tertiary/aromatic N) is 1. The number of rotatable bonds is 9. The standard InChI is InChI=1S/C22H27NO9/c1-4-12-29-13-15-19(31-22(26)32-23-16(24)10-11-17(23)25)21(28-3)20(27-2)18(30-15)14-8-6-5-7-9-14/h4-9,15,18-21H,1,10-13H2,2-3H3/t15-,18+,19-,20+,21+/m1/s1. The van der Waals surface area contributed by atoms with Gasteiger partial charge in [-0.15, -0.1) is 6.58 Å². The molecule has 0 aromatic heterocycles. The van der Waals surface area contributed by atoms with Gasteiger partial charge in [-0.2, -0.15) is 0 Å². The van der Waals surface area contributed by atoms with E-state index < -0.39 is 48.5 Å². The van der Waals surface area contributed by atoms with E-state index in [9.17, 15) is 14.4 Å². The van der Waals surface area contributed by atoms with Crippen LogP contribution in [0.15, 0.2) is 43.0 Å². The van der Waals surface area contributed by atoms with Crippen LogP contribution in [-0.2, 0) is 38.1 Å². The number of carbonyl (C=O) groups excluding carboxylic acids is 3. The first-order valence-electron chi connectivity index (χ1n) is 10.2. The summed E-state index contributed by atoms with van der Waals surface area (Å²) in [5, 5.41) is 0.414. The van der Waals surface area contributed by atoms with E-state index >= 15 is 0 Å². The molecule has 10 nitrogen and oxygen atoms in total. The molecule has 5 atom stereocenters. The van der Waals surface area contributed by atoms with Gasteiger partial charge in [0.25, 0.3) is 11.8 Å². The summed E-state index contributed by atoms with van der Waals surface area (Å²) in [5.74, 6) is -1.22. The van der Waals surface area contributed by atoms with Gasteiger partial charge in [0.2, 0.25) is 0 Å². The molecule has 0 spiro atoms. The Bertz CT molecular complexity index is 799. The zero-order valence-corrected chi connectivity index (χ0v) is 18.0. The maximum atomic E-state index is 12.4. The summed E-state index contributed by atoms with van der Waals surface area (Å²) in [6.07, 6.45) is -3.38. The largest absolute Gasteiger partial charge is 0.534 e. The lowest BCUT2D eigenvalue weighted by Gasteiger charge is -2.44. The average molecular weight is 449 g/mol. The van der Waals surface area contributed by atoms with Crippen LogP contribution >= 0.6 is 0 Å². The molecule has 2 heterocycles. The van der Waals surface area contributed by atoms with Crippen molar-refractivity contribution in [2.75, 3.05) is 27.4 Å². The third kappa shape index (κ3) is 5.33. The molecular formula is C22H27NO9. The van der Waals surface area contributed by atoms with Crippen LogP contribution in [0.3, 0.4) is 0 Å². The van der Waals surface area contributed by atoms with Gasteiger partial charge in [0.15, 0.2) is 6.10 Å². The summed E-state index contributed by atoms with van der Waals surface area (Å²) in [5.41, 5.74) is 0.851. The van der Waals surface area contributed by atoms with Crippen molar-refractivity contribution in [2.45, 2.75) is 43.4 Å². The van der Waals surface area contributed by atoms with Crippen LogP contribution in [0.25, 0.3) is 0 Å². The minimum absolute atomic E-state index is 0.0259. The maximum Gasteiger partial charge on any atom is 0.534 e. The first kappa shape index (κ1) is 23.9. The number of hydrogen-bond donors (Lipinski definition) is 0. The zero-order chi connectivity index (χ0) is 23.1. The molecule has 0 aliphatic carbocycles. The second kappa shape index (κ2) is 11.2. The molecule has 10 heteroatoms. The molecule has 0 saturated carbocycles. The Morgan fingerprint density at radius 2 is 1.75 bits per heavy atom. The Morgan fingerprint density at radius 1 is 1.09 bits per heavy atom. The van der Waals surface area contributed by atoms with E-state index in [-0.39, 0.29) is 26.1 Å². The number of methoxy groups -OCH3 is 2. The predicted octanol–water partition coefficient (Wildman–Crippen LogP) is 1.94. The SMILES string of the molecule is C=CCOC[C@H]1O[C@@H](c2ccccc2)[C@H](OC)[C@@H](OC)[C@@H]1OC(=O)ON1C(=O)CCC1=O. The van der Waals surface area contributed by atoms with E-state index in [1.54, 1.807) is 6.08 Å². The minimum atomic E-state index is -1.23. The lowest BCUT2D eigenvalue weighted by molar-refractivity contribution is -0.253. The highest BCUT2D eigenvalue weighted by Gasteiger charge is 2.50. The lowest BCUT2D eigenvalue weighted by atomic mass is 9.90. The van der Waals surface area contributed by atoms with Crippen LogP contribution in [0, 0.1) is 0 Å². The molecule has 2 amide bonds. The van der Waals surface area contributed by atoms with Gasteiger partial charge in [-0.25, -0.2) is 4.79 Å². The molecule has 174 valence electrons. The van der Waals surface area contributed by atoms with Gasteiger partial charge in [0, 0.05) is 27.1 Å². The van der Waals surface area contributed by atoms with Gasteiger partial charge in [-0.1, -0.05) is 41.5 Å². The van der Waals surface area contributed by atoms with Crippen LogP contribution in [0.4, 0.5) is 4.79 Å². The van der Waals surface area contributed by atoms with Crippen LogP contribution < -0.4 is 0 Å². The Balaban J connectivity index is 1.81. The fourth-order valence-corrected chi connectivity index (χ4v) is 3.76. The lowest BCUT2D eigenvalue weighted by Crippen LogP contribution is -2.58. The predicted molar refractivity (Wildman–Crippen MR) is 109 cm³/mol. The molecule has 3 rings (SSSR count). The van der Waals surface area contributed by atoms with Gasteiger partial charge in [-0.3, -0.25) is 14.4 Å². The van der Waals surface area contributed by atoms with Gasteiger partial charge >= 0.3 is 6.16 Å². The van der Waals surface area contributed by atoms with Crippen molar-refractivity contribution < 1.29 is 42.9 Å². The fourth-order valence-electron chi connectivity index (χ4n) is 3.76. The first-order chi connectivity index (χ1) is 15.5.